The molecule has 3 aromatic rings. The lowest BCUT2D eigenvalue weighted by Crippen LogP contribution is -2.56. The number of fused-ring (bicyclic) bond motifs is 1. The Morgan fingerprint density at radius 1 is 1.11 bits per heavy atom. The second-order valence-electron chi connectivity index (χ2n) is 14.9. The van der Waals surface area contributed by atoms with Crippen molar-refractivity contribution in [2.24, 2.45) is 5.41 Å². The maximum Gasteiger partial charge on any atom is 0.250 e. The molecule has 1 aromatic heterocycles. The van der Waals surface area contributed by atoms with Gasteiger partial charge >= 0.3 is 0 Å². The van der Waals surface area contributed by atoms with E-state index in [4.69, 9.17) is 14.5 Å². The Hall–Kier alpha value is -3.37. The smallest absolute Gasteiger partial charge is 0.250 e. The molecule has 0 radical (unpaired) electrons. The number of halogens is 1. The predicted molar refractivity (Wildman–Crippen MR) is 179 cm³/mol. The first-order valence-corrected chi connectivity index (χ1v) is 17.1. The number of pyridine rings is 1. The molecule has 1 aliphatic carbocycles. The summed E-state index contributed by atoms with van der Waals surface area (Å²) in [5, 5.41) is 18.4. The number of amides is 1. The number of aliphatic hydroxyl groups excluding tert-OH is 1. The van der Waals surface area contributed by atoms with Gasteiger partial charge in [0, 0.05) is 50.4 Å². The van der Waals surface area contributed by atoms with Gasteiger partial charge in [-0.05, 0) is 72.4 Å². The lowest BCUT2D eigenvalue weighted by atomic mass is 9.73. The Labute approximate surface area is 278 Å². The number of carbonyl (C=O) groups excluding carboxylic acids is 1. The highest BCUT2D eigenvalue weighted by atomic mass is 19.1. The van der Waals surface area contributed by atoms with Gasteiger partial charge in [-0.15, -0.1) is 0 Å². The third-order valence-corrected chi connectivity index (χ3v) is 9.63. The molecule has 8 nitrogen and oxygen atoms in total. The fourth-order valence-corrected chi connectivity index (χ4v) is 7.03. The van der Waals surface area contributed by atoms with E-state index in [0.29, 0.717) is 25.5 Å². The van der Waals surface area contributed by atoms with E-state index >= 15 is 0 Å². The van der Waals surface area contributed by atoms with Gasteiger partial charge in [-0.25, -0.2) is 9.37 Å². The molecule has 2 aromatic carbocycles. The van der Waals surface area contributed by atoms with Crippen LogP contribution in [0.25, 0.3) is 0 Å². The highest BCUT2D eigenvalue weighted by molar-refractivity contribution is 5.81. The van der Waals surface area contributed by atoms with Crippen LogP contribution in [-0.2, 0) is 28.9 Å². The van der Waals surface area contributed by atoms with Gasteiger partial charge in [0.1, 0.15) is 17.5 Å². The van der Waals surface area contributed by atoms with E-state index in [1.54, 1.807) is 12.1 Å². The molecule has 3 N–H and O–H groups in total. The Kier molecular flexibility index (Phi) is 10.3. The summed E-state index contributed by atoms with van der Waals surface area (Å²) in [6, 6.07) is 17.9. The Morgan fingerprint density at radius 3 is 2.57 bits per heavy atom. The second-order valence-corrected chi connectivity index (χ2v) is 14.9. The predicted octanol–water partition coefficient (Wildman–Crippen LogP) is 5.13. The highest BCUT2D eigenvalue weighted by Gasteiger charge is 2.46. The van der Waals surface area contributed by atoms with E-state index in [1.165, 1.54) is 17.7 Å². The molecule has 2 fully saturated rings. The summed E-state index contributed by atoms with van der Waals surface area (Å²) < 4.78 is 26.1. The van der Waals surface area contributed by atoms with Crippen LogP contribution in [0.1, 0.15) is 74.8 Å². The summed E-state index contributed by atoms with van der Waals surface area (Å²) in [7, 11) is 0. The summed E-state index contributed by atoms with van der Waals surface area (Å²) in [4.78, 5) is 20.6. The van der Waals surface area contributed by atoms with Crippen molar-refractivity contribution in [1.82, 2.24) is 20.5 Å². The lowest BCUT2D eigenvalue weighted by molar-refractivity contribution is -0.140. The van der Waals surface area contributed by atoms with E-state index in [9.17, 15) is 14.3 Å². The minimum atomic E-state index is -0.914. The molecular formula is C38H49FN4O4. The molecule has 1 spiro atoms. The van der Waals surface area contributed by atoms with Crippen LogP contribution in [0, 0.1) is 11.2 Å². The van der Waals surface area contributed by atoms with Crippen molar-refractivity contribution in [3.8, 4) is 5.88 Å². The number of hydrogen-bond donors (Lipinski definition) is 3. The second kappa shape index (κ2) is 14.4. The zero-order valence-corrected chi connectivity index (χ0v) is 27.9. The Morgan fingerprint density at radius 2 is 1.87 bits per heavy atom. The number of aliphatic hydroxyl groups is 1. The van der Waals surface area contributed by atoms with Crippen LogP contribution in [0.5, 0.6) is 5.88 Å². The fourth-order valence-electron chi connectivity index (χ4n) is 7.03. The number of ether oxygens (including phenoxy) is 2. The van der Waals surface area contributed by atoms with Crippen molar-refractivity contribution in [2.75, 3.05) is 26.2 Å². The van der Waals surface area contributed by atoms with Gasteiger partial charge < -0.3 is 25.2 Å². The van der Waals surface area contributed by atoms with Crippen LogP contribution < -0.4 is 15.4 Å². The van der Waals surface area contributed by atoms with Gasteiger partial charge in [-0.1, -0.05) is 63.2 Å². The molecule has 9 heteroatoms. The molecular weight excluding hydrogens is 595 g/mol. The molecule has 4 atom stereocenters. The number of aromatic nitrogens is 1. The van der Waals surface area contributed by atoms with Gasteiger partial charge in [-0.2, -0.15) is 0 Å². The van der Waals surface area contributed by atoms with Crippen molar-refractivity contribution in [2.45, 2.75) is 95.7 Å². The third kappa shape index (κ3) is 8.76. The lowest BCUT2D eigenvalue weighted by Gasteiger charge is -2.47. The molecule has 252 valence electrons. The normalized spacial score (nSPS) is 22.1. The van der Waals surface area contributed by atoms with Crippen LogP contribution in [0.4, 0.5) is 4.39 Å². The van der Waals surface area contributed by atoms with Gasteiger partial charge in [0.2, 0.25) is 5.88 Å². The van der Waals surface area contributed by atoms with E-state index in [1.807, 2.05) is 24.4 Å². The van der Waals surface area contributed by atoms with Gasteiger partial charge in [-0.3, -0.25) is 9.69 Å². The van der Waals surface area contributed by atoms with E-state index in [-0.39, 0.29) is 35.3 Å². The first-order chi connectivity index (χ1) is 22.5. The maximum absolute atomic E-state index is 13.7. The molecule has 0 bridgehead atoms. The number of hydrogen-bond acceptors (Lipinski definition) is 7. The van der Waals surface area contributed by atoms with Gasteiger partial charge in [0.05, 0.1) is 18.8 Å². The monoisotopic (exact) mass is 644 g/mol. The first kappa shape index (κ1) is 33.5. The average molecular weight is 645 g/mol. The number of carbonyl (C=O) groups is 1. The highest BCUT2D eigenvalue weighted by Crippen LogP contribution is 2.48. The molecule has 3 heterocycles. The van der Waals surface area contributed by atoms with Crippen molar-refractivity contribution >= 4 is 5.91 Å². The molecule has 2 aliphatic heterocycles. The summed E-state index contributed by atoms with van der Waals surface area (Å²) in [5.74, 6) is 0.0919. The zero-order valence-electron chi connectivity index (χ0n) is 27.9. The topological polar surface area (TPSA) is 96.0 Å². The van der Waals surface area contributed by atoms with Crippen molar-refractivity contribution < 1.29 is 23.8 Å². The van der Waals surface area contributed by atoms with E-state index < -0.39 is 18.2 Å². The molecule has 1 saturated carbocycles. The molecule has 3 aliphatic rings. The van der Waals surface area contributed by atoms with Crippen LogP contribution in [0.2, 0.25) is 0 Å². The Bertz CT molecular complexity index is 1490. The van der Waals surface area contributed by atoms with Crippen molar-refractivity contribution in [1.29, 1.82) is 0 Å². The standard InChI is InChI=1S/C38H49FN4O4/c1-37(2,3)20-28-18-30-32(21-38(14-7-15-38)47-36(30)41-22-28)40-23-33(44)31(19-26-10-12-29(39)13-11-26)42-35(45)34-25-43(16-17-46-34)24-27-8-5-4-6-9-27/h4-6,8-13,18,22,31-34,40,44H,7,14-17,19-21,23-25H2,1-3H3,(H,42,45)/t31-,32-,33-,34-/m0/s1. The maximum atomic E-state index is 13.7. The summed E-state index contributed by atoms with van der Waals surface area (Å²) in [6.45, 7) is 9.29. The van der Waals surface area contributed by atoms with Crippen molar-refractivity contribution in [3.63, 3.8) is 0 Å². The number of rotatable bonds is 11. The molecule has 0 unspecified atom stereocenters. The summed E-state index contributed by atoms with van der Waals surface area (Å²) >= 11 is 0. The van der Waals surface area contributed by atoms with Crippen LogP contribution in [0.3, 0.4) is 0 Å². The quantitative estimate of drug-likeness (QED) is 0.266. The van der Waals surface area contributed by atoms with Gasteiger partial charge in [0.25, 0.3) is 5.91 Å². The van der Waals surface area contributed by atoms with Gasteiger partial charge in [0.15, 0.2) is 0 Å². The minimum Gasteiger partial charge on any atom is -0.471 e. The largest absolute Gasteiger partial charge is 0.471 e. The van der Waals surface area contributed by atoms with E-state index in [0.717, 1.165) is 61.9 Å². The number of nitrogens with one attached hydrogen (secondary N) is 2. The molecule has 6 rings (SSSR count). The van der Waals surface area contributed by atoms with E-state index in [2.05, 4.69) is 54.5 Å². The fraction of sp³-hybridized carbons (Fsp3) is 0.526. The number of nitrogens with zero attached hydrogens (tertiary/aromatic N) is 2. The summed E-state index contributed by atoms with van der Waals surface area (Å²) in [6.07, 6.45) is 5.51. The summed E-state index contributed by atoms with van der Waals surface area (Å²) in [5.41, 5.74) is 4.08. The SMILES string of the molecule is CC(C)(C)Cc1cnc2c(c1)[C@@H](NC[C@H](O)[C@H](Cc1ccc(F)cc1)NC(=O)[C@@H]1CN(Cc3ccccc3)CCO1)CC1(CCC1)O2. The number of morpholine rings is 1. The number of benzene rings is 2. The Balaban J connectivity index is 1.15. The van der Waals surface area contributed by atoms with Crippen LogP contribution >= 0.6 is 0 Å². The molecule has 1 saturated heterocycles. The molecule has 47 heavy (non-hydrogen) atoms. The third-order valence-electron chi connectivity index (χ3n) is 9.63. The van der Waals surface area contributed by atoms with Crippen molar-refractivity contribution in [3.05, 3.63) is 94.9 Å². The first-order valence-electron chi connectivity index (χ1n) is 17.1. The van der Waals surface area contributed by atoms with Crippen LogP contribution in [-0.4, -0.2) is 71.0 Å². The zero-order chi connectivity index (χ0) is 33.0. The van der Waals surface area contributed by atoms with Crippen LogP contribution in [0.15, 0.2) is 66.9 Å². The minimum absolute atomic E-state index is 0.0449. The average Bonchev–Trinajstić information content (AvgIpc) is 3.03. The molecule has 1 amide bonds.